The van der Waals surface area contributed by atoms with Crippen LogP contribution in [0, 0.1) is 6.92 Å². The van der Waals surface area contributed by atoms with E-state index in [0.717, 1.165) is 24.6 Å². The van der Waals surface area contributed by atoms with Crippen LogP contribution in [0.15, 0.2) is 17.1 Å². The summed E-state index contributed by atoms with van der Waals surface area (Å²) in [5.41, 5.74) is 1.41. The summed E-state index contributed by atoms with van der Waals surface area (Å²) >= 11 is 0. The molecule has 0 bridgehead atoms. The minimum Gasteiger partial charge on any atom is -0.364 e. The molecule has 0 radical (unpaired) electrons. The molecule has 0 spiro atoms. The molecular weight excluding hydrogens is 218 g/mol. The van der Waals surface area contributed by atoms with E-state index in [1.807, 2.05) is 11.5 Å². The predicted octanol–water partition coefficient (Wildman–Crippen LogP) is 0.0450. The molecule has 0 saturated carbocycles. The second kappa shape index (κ2) is 3.81. The van der Waals surface area contributed by atoms with Gasteiger partial charge in [-0.3, -0.25) is 4.79 Å². The summed E-state index contributed by atoms with van der Waals surface area (Å²) in [6, 6.07) is 1.58. The van der Waals surface area contributed by atoms with E-state index in [-0.39, 0.29) is 5.43 Å². The van der Waals surface area contributed by atoms with E-state index in [4.69, 9.17) is 0 Å². The van der Waals surface area contributed by atoms with Crippen molar-refractivity contribution < 1.29 is 0 Å². The number of fused-ring (bicyclic) bond motifs is 1. The van der Waals surface area contributed by atoms with Crippen LogP contribution in [0.4, 0.5) is 0 Å². The van der Waals surface area contributed by atoms with Gasteiger partial charge in [0.2, 0.25) is 0 Å². The van der Waals surface area contributed by atoms with Crippen LogP contribution in [-0.2, 0) is 13.1 Å². The SMILES string of the molecule is Cc1cc(=O)c(-c2nnc3n2CCNC3)c[nH]1. The molecule has 0 atom stereocenters. The molecule has 88 valence electrons. The number of aryl methyl sites for hydroxylation is 1. The molecule has 3 heterocycles. The van der Waals surface area contributed by atoms with E-state index in [0.29, 0.717) is 17.9 Å². The first-order valence-electron chi connectivity index (χ1n) is 5.58. The first-order valence-corrected chi connectivity index (χ1v) is 5.58. The van der Waals surface area contributed by atoms with Gasteiger partial charge in [0.15, 0.2) is 11.3 Å². The quantitative estimate of drug-likeness (QED) is 0.727. The number of rotatable bonds is 1. The van der Waals surface area contributed by atoms with E-state index in [1.54, 1.807) is 12.3 Å². The summed E-state index contributed by atoms with van der Waals surface area (Å²) in [5, 5.41) is 11.4. The van der Waals surface area contributed by atoms with Gasteiger partial charge in [-0.15, -0.1) is 10.2 Å². The molecule has 3 rings (SSSR count). The molecule has 1 aliphatic heterocycles. The monoisotopic (exact) mass is 231 g/mol. The third-order valence-electron chi connectivity index (χ3n) is 2.92. The average Bonchev–Trinajstić information content (AvgIpc) is 2.73. The van der Waals surface area contributed by atoms with Crippen molar-refractivity contribution in [1.29, 1.82) is 0 Å². The lowest BCUT2D eigenvalue weighted by Gasteiger charge is -2.15. The van der Waals surface area contributed by atoms with Crippen LogP contribution in [-0.4, -0.2) is 26.3 Å². The topological polar surface area (TPSA) is 75.6 Å². The maximum absolute atomic E-state index is 11.9. The van der Waals surface area contributed by atoms with Crippen LogP contribution in [0.3, 0.4) is 0 Å². The second-order valence-electron chi connectivity index (χ2n) is 4.16. The largest absolute Gasteiger partial charge is 0.364 e. The van der Waals surface area contributed by atoms with Gasteiger partial charge in [-0.25, -0.2) is 0 Å². The third kappa shape index (κ3) is 1.66. The molecule has 2 N–H and O–H groups in total. The van der Waals surface area contributed by atoms with E-state index in [2.05, 4.69) is 20.5 Å². The molecule has 0 aromatic carbocycles. The Labute approximate surface area is 97.7 Å². The van der Waals surface area contributed by atoms with Crippen molar-refractivity contribution in [3.8, 4) is 11.4 Å². The minimum absolute atomic E-state index is 0.0185. The van der Waals surface area contributed by atoms with Crippen molar-refractivity contribution in [3.05, 3.63) is 34.0 Å². The number of nitrogens with one attached hydrogen (secondary N) is 2. The van der Waals surface area contributed by atoms with Gasteiger partial charge in [0, 0.05) is 31.0 Å². The van der Waals surface area contributed by atoms with E-state index < -0.39 is 0 Å². The second-order valence-corrected chi connectivity index (χ2v) is 4.16. The van der Waals surface area contributed by atoms with E-state index in [9.17, 15) is 4.79 Å². The molecule has 0 fully saturated rings. The Morgan fingerprint density at radius 3 is 3.12 bits per heavy atom. The highest BCUT2D eigenvalue weighted by Crippen LogP contribution is 2.15. The van der Waals surface area contributed by atoms with Crippen molar-refractivity contribution in [3.63, 3.8) is 0 Å². The van der Waals surface area contributed by atoms with Gasteiger partial charge in [-0.2, -0.15) is 0 Å². The fourth-order valence-electron chi connectivity index (χ4n) is 2.04. The fourth-order valence-corrected chi connectivity index (χ4v) is 2.04. The van der Waals surface area contributed by atoms with Crippen LogP contribution >= 0.6 is 0 Å². The van der Waals surface area contributed by atoms with Crippen LogP contribution in [0.5, 0.6) is 0 Å². The molecule has 6 nitrogen and oxygen atoms in total. The number of H-pyrrole nitrogens is 1. The number of pyridine rings is 1. The number of hydrogen-bond donors (Lipinski definition) is 2. The molecule has 17 heavy (non-hydrogen) atoms. The van der Waals surface area contributed by atoms with Crippen molar-refractivity contribution >= 4 is 0 Å². The highest BCUT2D eigenvalue weighted by Gasteiger charge is 2.18. The molecule has 2 aromatic rings. The minimum atomic E-state index is -0.0185. The molecule has 0 saturated heterocycles. The van der Waals surface area contributed by atoms with Gasteiger partial charge in [0.05, 0.1) is 12.1 Å². The summed E-state index contributed by atoms with van der Waals surface area (Å²) in [5.74, 6) is 1.54. The van der Waals surface area contributed by atoms with Gasteiger partial charge in [0.25, 0.3) is 0 Å². The highest BCUT2D eigenvalue weighted by atomic mass is 16.1. The molecule has 1 aliphatic rings. The zero-order valence-corrected chi connectivity index (χ0v) is 9.53. The van der Waals surface area contributed by atoms with Crippen LogP contribution in [0.1, 0.15) is 11.5 Å². The fraction of sp³-hybridized carbons (Fsp3) is 0.364. The van der Waals surface area contributed by atoms with Crippen LogP contribution in [0.25, 0.3) is 11.4 Å². The molecule has 0 unspecified atom stereocenters. The molecule has 6 heteroatoms. The Morgan fingerprint density at radius 2 is 2.29 bits per heavy atom. The van der Waals surface area contributed by atoms with Gasteiger partial charge in [0.1, 0.15) is 5.82 Å². The van der Waals surface area contributed by atoms with Crippen LogP contribution < -0.4 is 10.7 Å². The van der Waals surface area contributed by atoms with Gasteiger partial charge < -0.3 is 14.9 Å². The highest BCUT2D eigenvalue weighted by molar-refractivity contribution is 5.54. The summed E-state index contributed by atoms with van der Waals surface area (Å²) in [4.78, 5) is 14.9. The Bertz CT molecular complexity index is 613. The van der Waals surface area contributed by atoms with Gasteiger partial charge >= 0.3 is 0 Å². The van der Waals surface area contributed by atoms with Crippen molar-refractivity contribution in [2.45, 2.75) is 20.0 Å². The molecular formula is C11H13N5O. The first kappa shape index (κ1) is 10.2. The lowest BCUT2D eigenvalue weighted by molar-refractivity contribution is 0.508. The van der Waals surface area contributed by atoms with E-state index in [1.165, 1.54) is 0 Å². The smallest absolute Gasteiger partial charge is 0.192 e. The number of hydrogen-bond acceptors (Lipinski definition) is 4. The van der Waals surface area contributed by atoms with E-state index >= 15 is 0 Å². The normalized spacial score (nSPS) is 14.6. The zero-order chi connectivity index (χ0) is 11.8. The van der Waals surface area contributed by atoms with Crippen molar-refractivity contribution in [1.82, 2.24) is 25.1 Å². The lowest BCUT2D eigenvalue weighted by atomic mass is 10.2. The zero-order valence-electron chi connectivity index (χ0n) is 9.53. The van der Waals surface area contributed by atoms with Crippen LogP contribution in [0.2, 0.25) is 0 Å². The Balaban J connectivity index is 2.15. The average molecular weight is 231 g/mol. The first-order chi connectivity index (χ1) is 8.25. The maximum atomic E-state index is 11.9. The number of nitrogens with zero attached hydrogens (tertiary/aromatic N) is 3. The number of aromatic nitrogens is 4. The Hall–Kier alpha value is -1.95. The third-order valence-corrected chi connectivity index (χ3v) is 2.92. The lowest BCUT2D eigenvalue weighted by Crippen LogP contribution is -2.29. The molecule has 2 aromatic heterocycles. The van der Waals surface area contributed by atoms with Gasteiger partial charge in [-0.05, 0) is 6.92 Å². The summed E-state index contributed by atoms with van der Waals surface area (Å²) in [6.45, 7) is 4.23. The summed E-state index contributed by atoms with van der Waals surface area (Å²) in [6.07, 6.45) is 1.71. The molecule has 0 amide bonds. The Kier molecular flexibility index (Phi) is 2.29. The predicted molar refractivity (Wildman–Crippen MR) is 62.5 cm³/mol. The maximum Gasteiger partial charge on any atom is 0.192 e. The van der Waals surface area contributed by atoms with Gasteiger partial charge in [-0.1, -0.05) is 0 Å². The Morgan fingerprint density at radius 1 is 1.41 bits per heavy atom. The standard InChI is InChI=1S/C11H13N5O/c1-7-4-9(17)8(5-13-7)11-15-14-10-6-12-2-3-16(10)11/h4-5,12H,2-3,6H2,1H3,(H,13,17). The summed E-state index contributed by atoms with van der Waals surface area (Å²) in [7, 11) is 0. The molecule has 0 aliphatic carbocycles. The van der Waals surface area contributed by atoms with Crippen molar-refractivity contribution in [2.75, 3.05) is 6.54 Å². The number of aromatic amines is 1. The van der Waals surface area contributed by atoms with Crippen molar-refractivity contribution in [2.24, 2.45) is 0 Å². The summed E-state index contributed by atoms with van der Waals surface area (Å²) < 4.78 is 2.00.